The van der Waals surface area contributed by atoms with E-state index in [1.807, 2.05) is 13.8 Å². The molecule has 1 fully saturated rings. The number of hydrogen-bond donors (Lipinski definition) is 1. The topological polar surface area (TPSA) is 47.6 Å². The molecule has 0 spiro atoms. The largest absolute Gasteiger partial charge is 0.465 e. The van der Waals surface area contributed by atoms with Gasteiger partial charge in [-0.1, -0.05) is 0 Å². The standard InChI is InChI=1S/C9H17NO3/c1-4-12-8(11)7-5-13-9(2,3)6-10-7/h7,10H,4-6H2,1-3H3/t7-/m0/s1. The zero-order chi connectivity index (χ0) is 9.90. The Morgan fingerprint density at radius 3 is 2.85 bits per heavy atom. The summed E-state index contributed by atoms with van der Waals surface area (Å²) >= 11 is 0. The van der Waals surface area contributed by atoms with Gasteiger partial charge in [-0.05, 0) is 20.8 Å². The molecule has 13 heavy (non-hydrogen) atoms. The maximum absolute atomic E-state index is 11.2. The SMILES string of the molecule is CCOC(=O)[C@@H]1COC(C)(C)CN1. The number of carbonyl (C=O) groups excluding carboxylic acids is 1. The Morgan fingerprint density at radius 1 is 1.69 bits per heavy atom. The van der Waals surface area contributed by atoms with Crippen LogP contribution in [0.25, 0.3) is 0 Å². The van der Waals surface area contributed by atoms with E-state index in [-0.39, 0.29) is 17.6 Å². The van der Waals surface area contributed by atoms with Crippen molar-refractivity contribution in [2.24, 2.45) is 0 Å². The summed E-state index contributed by atoms with van der Waals surface area (Å²) < 4.78 is 10.4. The number of esters is 1. The molecule has 0 amide bonds. The van der Waals surface area contributed by atoms with Crippen LogP contribution in [0.1, 0.15) is 20.8 Å². The zero-order valence-electron chi connectivity index (χ0n) is 8.42. The van der Waals surface area contributed by atoms with Gasteiger partial charge in [0.25, 0.3) is 0 Å². The lowest BCUT2D eigenvalue weighted by Gasteiger charge is -2.34. The van der Waals surface area contributed by atoms with Gasteiger partial charge in [-0.25, -0.2) is 0 Å². The summed E-state index contributed by atoms with van der Waals surface area (Å²) in [6, 6.07) is -0.298. The third-order valence-electron chi connectivity index (χ3n) is 1.99. The van der Waals surface area contributed by atoms with Crippen LogP contribution in [0.5, 0.6) is 0 Å². The van der Waals surface area contributed by atoms with E-state index in [0.717, 1.165) is 0 Å². The van der Waals surface area contributed by atoms with Crippen molar-refractivity contribution < 1.29 is 14.3 Å². The Hall–Kier alpha value is -0.610. The van der Waals surface area contributed by atoms with Crippen LogP contribution in [-0.2, 0) is 14.3 Å². The van der Waals surface area contributed by atoms with Crippen LogP contribution < -0.4 is 5.32 Å². The lowest BCUT2D eigenvalue weighted by atomic mass is 10.1. The number of nitrogens with one attached hydrogen (secondary N) is 1. The molecule has 0 aromatic heterocycles. The van der Waals surface area contributed by atoms with E-state index in [4.69, 9.17) is 9.47 Å². The maximum atomic E-state index is 11.2. The summed E-state index contributed by atoms with van der Waals surface area (Å²) in [7, 11) is 0. The van der Waals surface area contributed by atoms with E-state index in [1.165, 1.54) is 0 Å². The van der Waals surface area contributed by atoms with E-state index >= 15 is 0 Å². The number of ether oxygens (including phenoxy) is 2. The third-order valence-corrected chi connectivity index (χ3v) is 1.99. The highest BCUT2D eigenvalue weighted by atomic mass is 16.5. The van der Waals surface area contributed by atoms with Gasteiger partial charge in [-0.3, -0.25) is 10.1 Å². The lowest BCUT2D eigenvalue weighted by molar-refractivity contribution is -0.153. The monoisotopic (exact) mass is 187 g/mol. The second kappa shape index (κ2) is 4.07. The molecule has 0 aromatic carbocycles. The molecule has 1 rings (SSSR count). The minimum atomic E-state index is -0.298. The Bertz CT molecular complexity index is 181. The molecule has 1 aliphatic heterocycles. The van der Waals surface area contributed by atoms with Gasteiger partial charge in [-0.2, -0.15) is 0 Å². The van der Waals surface area contributed by atoms with E-state index in [0.29, 0.717) is 19.8 Å². The Labute approximate surface area is 78.6 Å². The van der Waals surface area contributed by atoms with Crippen LogP contribution in [0.2, 0.25) is 0 Å². The molecule has 0 unspecified atom stereocenters. The number of rotatable bonds is 2. The predicted molar refractivity (Wildman–Crippen MR) is 48.5 cm³/mol. The summed E-state index contributed by atoms with van der Waals surface area (Å²) in [6.07, 6.45) is 0. The molecule has 1 saturated heterocycles. The zero-order valence-corrected chi connectivity index (χ0v) is 8.42. The molecule has 1 atom stereocenters. The Morgan fingerprint density at radius 2 is 2.38 bits per heavy atom. The van der Waals surface area contributed by atoms with Crippen molar-refractivity contribution in [2.45, 2.75) is 32.4 Å². The van der Waals surface area contributed by atoms with Crippen molar-refractivity contribution in [1.29, 1.82) is 0 Å². The third kappa shape index (κ3) is 2.97. The highest BCUT2D eigenvalue weighted by molar-refractivity contribution is 5.76. The average Bonchev–Trinajstić information content (AvgIpc) is 2.04. The molecular weight excluding hydrogens is 170 g/mol. The van der Waals surface area contributed by atoms with Crippen LogP contribution in [0.3, 0.4) is 0 Å². The molecule has 1 aliphatic rings. The lowest BCUT2D eigenvalue weighted by Crippen LogP contribution is -2.54. The number of hydrogen-bond acceptors (Lipinski definition) is 4. The van der Waals surface area contributed by atoms with Gasteiger partial charge < -0.3 is 9.47 Å². The molecule has 0 saturated carbocycles. The first-order valence-corrected chi connectivity index (χ1v) is 4.59. The van der Waals surface area contributed by atoms with Gasteiger partial charge in [0.1, 0.15) is 6.04 Å². The molecule has 4 heteroatoms. The van der Waals surface area contributed by atoms with Crippen molar-refractivity contribution in [2.75, 3.05) is 19.8 Å². The Balaban J connectivity index is 2.36. The first kappa shape index (κ1) is 10.5. The van der Waals surface area contributed by atoms with Crippen LogP contribution >= 0.6 is 0 Å². The minimum Gasteiger partial charge on any atom is -0.465 e. The van der Waals surface area contributed by atoms with E-state index in [1.54, 1.807) is 6.92 Å². The second-order valence-corrected chi connectivity index (χ2v) is 3.76. The molecule has 76 valence electrons. The van der Waals surface area contributed by atoms with Crippen molar-refractivity contribution in [3.63, 3.8) is 0 Å². The normalized spacial score (nSPS) is 26.8. The van der Waals surface area contributed by atoms with E-state index < -0.39 is 0 Å². The van der Waals surface area contributed by atoms with Crippen LogP contribution in [-0.4, -0.2) is 37.4 Å². The maximum Gasteiger partial charge on any atom is 0.325 e. The molecule has 0 aliphatic carbocycles. The van der Waals surface area contributed by atoms with E-state index in [9.17, 15) is 4.79 Å². The van der Waals surface area contributed by atoms with Crippen LogP contribution in [0, 0.1) is 0 Å². The molecule has 0 radical (unpaired) electrons. The highest BCUT2D eigenvalue weighted by Crippen LogP contribution is 2.13. The van der Waals surface area contributed by atoms with Gasteiger partial charge in [0.05, 0.1) is 18.8 Å². The van der Waals surface area contributed by atoms with Crippen molar-refractivity contribution in [3.05, 3.63) is 0 Å². The van der Waals surface area contributed by atoms with Crippen LogP contribution in [0.15, 0.2) is 0 Å². The predicted octanol–water partition coefficient (Wildman–Crippen LogP) is 0.316. The first-order valence-electron chi connectivity index (χ1n) is 4.59. The summed E-state index contributed by atoms with van der Waals surface area (Å²) in [5.41, 5.74) is -0.178. The van der Waals surface area contributed by atoms with Crippen LogP contribution in [0.4, 0.5) is 0 Å². The van der Waals surface area contributed by atoms with Crippen molar-refractivity contribution in [3.8, 4) is 0 Å². The molecule has 4 nitrogen and oxygen atoms in total. The van der Waals surface area contributed by atoms with Crippen molar-refractivity contribution >= 4 is 5.97 Å². The summed E-state index contributed by atoms with van der Waals surface area (Å²) in [5, 5.41) is 3.09. The fraction of sp³-hybridized carbons (Fsp3) is 0.889. The quantitative estimate of drug-likeness (QED) is 0.632. The molecular formula is C9H17NO3. The van der Waals surface area contributed by atoms with Gasteiger partial charge in [0.2, 0.25) is 0 Å². The number of carbonyl (C=O) groups is 1. The highest BCUT2D eigenvalue weighted by Gasteiger charge is 2.31. The average molecular weight is 187 g/mol. The second-order valence-electron chi connectivity index (χ2n) is 3.76. The Kier molecular flexibility index (Phi) is 3.27. The van der Waals surface area contributed by atoms with Gasteiger partial charge >= 0.3 is 5.97 Å². The summed E-state index contributed by atoms with van der Waals surface area (Å²) in [6.45, 7) is 7.26. The molecule has 1 heterocycles. The molecule has 0 aromatic rings. The fourth-order valence-corrected chi connectivity index (χ4v) is 1.18. The summed E-state index contributed by atoms with van der Waals surface area (Å²) in [5.74, 6) is -0.224. The van der Waals surface area contributed by atoms with Gasteiger partial charge in [0, 0.05) is 6.54 Å². The van der Waals surface area contributed by atoms with Gasteiger partial charge in [-0.15, -0.1) is 0 Å². The summed E-state index contributed by atoms with van der Waals surface area (Å²) in [4.78, 5) is 11.2. The van der Waals surface area contributed by atoms with Gasteiger partial charge in [0.15, 0.2) is 0 Å². The minimum absolute atomic E-state index is 0.178. The van der Waals surface area contributed by atoms with E-state index in [2.05, 4.69) is 5.32 Å². The van der Waals surface area contributed by atoms with Crippen molar-refractivity contribution in [1.82, 2.24) is 5.32 Å². The molecule has 0 bridgehead atoms. The smallest absolute Gasteiger partial charge is 0.325 e. The number of morpholine rings is 1. The fourth-order valence-electron chi connectivity index (χ4n) is 1.18. The first-order chi connectivity index (χ1) is 6.05. The molecule has 1 N–H and O–H groups in total.